The van der Waals surface area contributed by atoms with Crippen LogP contribution in [-0.4, -0.2) is 18.0 Å². The van der Waals surface area contributed by atoms with E-state index in [1.807, 2.05) is 6.07 Å². The number of thiazole rings is 1. The van der Waals surface area contributed by atoms with Crippen molar-refractivity contribution in [2.24, 2.45) is 0 Å². The molecule has 3 rings (SSSR count). The second-order valence-corrected chi connectivity index (χ2v) is 6.72. The second kappa shape index (κ2) is 3.89. The number of benzene rings is 2. The molecule has 1 aromatic heterocycles. The lowest BCUT2D eigenvalue weighted by atomic mass is 10.1. The number of rotatable bonds is 1. The molecule has 5 nitrogen and oxygen atoms in total. The third-order valence-electron chi connectivity index (χ3n) is 2.89. The van der Waals surface area contributed by atoms with Crippen LogP contribution in [-0.2, 0) is 10.1 Å². The van der Waals surface area contributed by atoms with Gasteiger partial charge in [0.1, 0.15) is 4.90 Å². The van der Waals surface area contributed by atoms with Crippen molar-refractivity contribution in [2.75, 3.05) is 5.73 Å². The highest BCUT2D eigenvalue weighted by molar-refractivity contribution is 7.86. The molecule has 0 aliphatic carbocycles. The van der Waals surface area contributed by atoms with Crippen LogP contribution in [0.5, 0.6) is 0 Å². The van der Waals surface area contributed by atoms with Gasteiger partial charge < -0.3 is 5.73 Å². The van der Waals surface area contributed by atoms with Crippen molar-refractivity contribution >= 4 is 47.6 Å². The van der Waals surface area contributed by atoms with Crippen LogP contribution in [0.25, 0.3) is 21.0 Å². The van der Waals surface area contributed by atoms with Crippen LogP contribution in [0, 0.1) is 6.92 Å². The van der Waals surface area contributed by atoms with Gasteiger partial charge in [-0.05, 0) is 30.7 Å². The fraction of sp³-hybridized carbons (Fsp3) is 0.0833. The summed E-state index contributed by atoms with van der Waals surface area (Å²) in [5.41, 5.74) is 7.16. The Morgan fingerprint density at radius 3 is 2.68 bits per heavy atom. The topological polar surface area (TPSA) is 93.3 Å². The van der Waals surface area contributed by atoms with Gasteiger partial charge in [0.2, 0.25) is 0 Å². The lowest BCUT2D eigenvalue weighted by Gasteiger charge is -2.06. The summed E-state index contributed by atoms with van der Waals surface area (Å²) in [6.45, 7) is 1.78. The SMILES string of the molecule is Cc1cc(S(=O)(=O)O)c2ccc3nc(N)sc3c2c1. The molecule has 0 atom stereocenters. The predicted molar refractivity (Wildman–Crippen MR) is 76.1 cm³/mol. The minimum atomic E-state index is -4.26. The summed E-state index contributed by atoms with van der Waals surface area (Å²) in [5, 5.41) is 1.64. The number of nitrogens with two attached hydrogens (primary N) is 1. The van der Waals surface area contributed by atoms with Crippen molar-refractivity contribution < 1.29 is 13.0 Å². The first-order valence-corrected chi connectivity index (χ1v) is 7.69. The summed E-state index contributed by atoms with van der Waals surface area (Å²) in [6, 6.07) is 6.66. The third-order valence-corrected chi connectivity index (χ3v) is 4.71. The zero-order chi connectivity index (χ0) is 13.8. The third kappa shape index (κ3) is 1.95. The number of nitrogens with zero attached hydrogens (tertiary/aromatic N) is 1. The van der Waals surface area contributed by atoms with Gasteiger partial charge in [0.05, 0.1) is 10.2 Å². The van der Waals surface area contributed by atoms with Gasteiger partial charge in [-0.3, -0.25) is 4.55 Å². The van der Waals surface area contributed by atoms with Crippen LogP contribution in [0.15, 0.2) is 29.2 Å². The summed E-state index contributed by atoms with van der Waals surface area (Å²) in [4.78, 5) is 4.08. The van der Waals surface area contributed by atoms with Gasteiger partial charge in [0.25, 0.3) is 10.1 Å². The largest absolute Gasteiger partial charge is 0.375 e. The van der Waals surface area contributed by atoms with Crippen LogP contribution in [0.3, 0.4) is 0 Å². The van der Waals surface area contributed by atoms with E-state index in [4.69, 9.17) is 5.73 Å². The van der Waals surface area contributed by atoms with Crippen molar-refractivity contribution in [3.63, 3.8) is 0 Å². The van der Waals surface area contributed by atoms with Crippen LogP contribution in [0.1, 0.15) is 5.56 Å². The van der Waals surface area contributed by atoms with Crippen LogP contribution in [0.2, 0.25) is 0 Å². The van der Waals surface area contributed by atoms with Gasteiger partial charge in [-0.1, -0.05) is 17.4 Å². The summed E-state index contributed by atoms with van der Waals surface area (Å²) in [6.07, 6.45) is 0. The molecule has 0 saturated heterocycles. The zero-order valence-electron chi connectivity index (χ0n) is 9.91. The molecule has 0 amide bonds. The van der Waals surface area contributed by atoms with Crippen molar-refractivity contribution in [1.29, 1.82) is 0 Å². The molecule has 3 aromatic rings. The molecule has 0 fully saturated rings. The molecule has 1 heterocycles. The average Bonchev–Trinajstić information content (AvgIpc) is 2.67. The first-order valence-electron chi connectivity index (χ1n) is 5.43. The Bertz CT molecular complexity index is 914. The summed E-state index contributed by atoms with van der Waals surface area (Å²) >= 11 is 1.30. The van der Waals surface area contributed by atoms with Crippen LogP contribution >= 0.6 is 11.3 Å². The van der Waals surface area contributed by atoms with E-state index in [2.05, 4.69) is 4.98 Å². The maximum absolute atomic E-state index is 11.5. The van der Waals surface area contributed by atoms with Crippen molar-refractivity contribution in [3.8, 4) is 0 Å². The number of aromatic nitrogens is 1. The minimum absolute atomic E-state index is 0.0867. The summed E-state index contributed by atoms with van der Waals surface area (Å²) < 4.78 is 33.1. The molecule has 2 aromatic carbocycles. The molecular formula is C12H10N2O3S2. The van der Waals surface area contributed by atoms with E-state index in [0.29, 0.717) is 10.5 Å². The van der Waals surface area contributed by atoms with E-state index in [1.54, 1.807) is 19.1 Å². The Kier molecular flexibility index (Phi) is 2.53. The summed E-state index contributed by atoms with van der Waals surface area (Å²) in [5.74, 6) is 0. The molecular weight excluding hydrogens is 284 g/mol. The molecule has 7 heteroatoms. The standard InChI is InChI=1S/C12H10N2O3S2/c1-6-4-8-7(10(5-6)19(15,16)17)2-3-9-11(8)18-12(13)14-9/h2-5H,1H3,(H2,13,14)(H,15,16,17). The maximum Gasteiger partial charge on any atom is 0.295 e. The van der Waals surface area contributed by atoms with E-state index < -0.39 is 10.1 Å². The van der Waals surface area contributed by atoms with E-state index in [9.17, 15) is 13.0 Å². The van der Waals surface area contributed by atoms with Gasteiger partial charge in [-0.2, -0.15) is 8.42 Å². The zero-order valence-corrected chi connectivity index (χ0v) is 11.5. The quantitative estimate of drug-likeness (QED) is 0.673. The molecule has 0 spiro atoms. The highest BCUT2D eigenvalue weighted by Crippen LogP contribution is 2.34. The highest BCUT2D eigenvalue weighted by Gasteiger charge is 2.17. The van der Waals surface area contributed by atoms with Gasteiger partial charge in [-0.25, -0.2) is 4.98 Å². The molecule has 0 aliphatic rings. The Morgan fingerprint density at radius 1 is 1.26 bits per heavy atom. The first-order chi connectivity index (χ1) is 8.86. The minimum Gasteiger partial charge on any atom is -0.375 e. The number of hydrogen-bond donors (Lipinski definition) is 2. The highest BCUT2D eigenvalue weighted by atomic mass is 32.2. The molecule has 19 heavy (non-hydrogen) atoms. The fourth-order valence-electron chi connectivity index (χ4n) is 2.15. The Hall–Kier alpha value is -1.70. The van der Waals surface area contributed by atoms with E-state index in [1.165, 1.54) is 17.4 Å². The van der Waals surface area contributed by atoms with Crippen molar-refractivity contribution in [1.82, 2.24) is 4.98 Å². The number of aryl methyl sites for hydroxylation is 1. The number of fused-ring (bicyclic) bond motifs is 3. The van der Waals surface area contributed by atoms with E-state index >= 15 is 0 Å². The monoisotopic (exact) mass is 294 g/mol. The first kappa shape index (κ1) is 12.3. The van der Waals surface area contributed by atoms with Crippen LogP contribution < -0.4 is 5.73 Å². The lowest BCUT2D eigenvalue weighted by Crippen LogP contribution is -1.99. The van der Waals surface area contributed by atoms with Gasteiger partial charge in [-0.15, -0.1) is 0 Å². The predicted octanol–water partition coefficient (Wildman–Crippen LogP) is 2.59. The Balaban J connectivity index is 2.58. The smallest absolute Gasteiger partial charge is 0.295 e. The molecule has 0 radical (unpaired) electrons. The molecule has 98 valence electrons. The average molecular weight is 294 g/mol. The molecule has 0 saturated carbocycles. The fourth-order valence-corrected chi connectivity index (χ4v) is 3.80. The van der Waals surface area contributed by atoms with Gasteiger partial charge >= 0.3 is 0 Å². The number of anilines is 1. The van der Waals surface area contributed by atoms with Crippen LogP contribution in [0.4, 0.5) is 5.13 Å². The van der Waals surface area contributed by atoms with Crippen molar-refractivity contribution in [2.45, 2.75) is 11.8 Å². The van der Waals surface area contributed by atoms with E-state index in [-0.39, 0.29) is 4.90 Å². The second-order valence-electron chi connectivity index (χ2n) is 4.30. The van der Waals surface area contributed by atoms with E-state index in [0.717, 1.165) is 21.2 Å². The number of nitrogen functional groups attached to an aromatic ring is 1. The molecule has 0 aliphatic heterocycles. The lowest BCUT2D eigenvalue weighted by molar-refractivity contribution is 0.484. The Morgan fingerprint density at radius 2 is 2.00 bits per heavy atom. The van der Waals surface area contributed by atoms with Crippen molar-refractivity contribution in [3.05, 3.63) is 29.8 Å². The molecule has 0 bridgehead atoms. The van der Waals surface area contributed by atoms with Gasteiger partial charge in [0, 0.05) is 10.8 Å². The summed E-state index contributed by atoms with van der Waals surface area (Å²) in [7, 11) is -4.26. The maximum atomic E-state index is 11.5. The molecule has 0 unspecified atom stereocenters. The number of hydrogen-bond acceptors (Lipinski definition) is 5. The molecule has 3 N–H and O–H groups in total. The van der Waals surface area contributed by atoms with Gasteiger partial charge in [0.15, 0.2) is 5.13 Å². The Labute approximate surface area is 113 Å². The normalized spacial score (nSPS) is 12.3.